The highest BCUT2D eigenvalue weighted by atomic mass is 79.9. The van der Waals surface area contributed by atoms with Gasteiger partial charge < -0.3 is 4.74 Å². The Morgan fingerprint density at radius 3 is 2.70 bits per heavy atom. The monoisotopic (exact) mass is 416 g/mol. The number of pyridine rings is 1. The molecule has 2 heterocycles. The molecule has 1 aliphatic rings. The number of sulfonamides is 1. The summed E-state index contributed by atoms with van der Waals surface area (Å²) in [6, 6.07) is 8.29. The molecular weight excluding hydrogens is 404 g/mol. The van der Waals surface area contributed by atoms with Crippen LogP contribution in [-0.4, -0.2) is 36.9 Å². The molecule has 1 saturated heterocycles. The molecule has 1 fully saturated rings. The third-order valence-electron chi connectivity index (χ3n) is 3.59. The first-order chi connectivity index (χ1) is 11.0. The van der Waals surface area contributed by atoms with Crippen molar-refractivity contribution in [1.82, 2.24) is 9.29 Å². The van der Waals surface area contributed by atoms with Crippen LogP contribution < -0.4 is 4.74 Å². The van der Waals surface area contributed by atoms with Gasteiger partial charge >= 0.3 is 0 Å². The number of aromatic nitrogens is 1. The molecule has 0 saturated carbocycles. The molecule has 1 aromatic heterocycles. The number of rotatable bonds is 4. The summed E-state index contributed by atoms with van der Waals surface area (Å²) < 4.78 is 33.3. The van der Waals surface area contributed by atoms with Gasteiger partial charge in [0.05, 0.1) is 11.4 Å². The van der Waals surface area contributed by atoms with Crippen LogP contribution in [0.2, 0.25) is 5.02 Å². The lowest BCUT2D eigenvalue weighted by molar-refractivity contribution is 0.215. The van der Waals surface area contributed by atoms with E-state index in [4.69, 9.17) is 16.3 Å². The Balaban J connectivity index is 1.72. The quantitative estimate of drug-likeness (QED) is 0.765. The molecule has 0 radical (unpaired) electrons. The van der Waals surface area contributed by atoms with Gasteiger partial charge in [-0.1, -0.05) is 27.5 Å². The van der Waals surface area contributed by atoms with E-state index in [0.29, 0.717) is 30.3 Å². The topological polar surface area (TPSA) is 59.5 Å². The van der Waals surface area contributed by atoms with Crippen molar-refractivity contribution in [3.8, 4) is 5.75 Å². The highest BCUT2D eigenvalue weighted by Crippen LogP contribution is 2.28. The van der Waals surface area contributed by atoms with Crippen LogP contribution in [0.15, 0.2) is 52.1 Å². The summed E-state index contributed by atoms with van der Waals surface area (Å²) >= 11 is 9.32. The van der Waals surface area contributed by atoms with Crippen LogP contribution in [-0.2, 0) is 10.0 Å². The molecule has 1 aromatic carbocycles. The minimum atomic E-state index is -3.50. The molecule has 2 aromatic rings. The van der Waals surface area contributed by atoms with E-state index in [0.717, 1.165) is 4.47 Å². The zero-order valence-corrected chi connectivity index (χ0v) is 15.2. The summed E-state index contributed by atoms with van der Waals surface area (Å²) in [4.78, 5) is 4.18. The number of ether oxygens (including phenoxy) is 1. The van der Waals surface area contributed by atoms with E-state index < -0.39 is 10.0 Å². The Kier molecular flexibility index (Phi) is 4.91. The molecule has 0 bridgehead atoms. The van der Waals surface area contributed by atoms with Crippen LogP contribution >= 0.6 is 27.5 Å². The van der Waals surface area contributed by atoms with Crippen molar-refractivity contribution in [3.05, 3.63) is 52.2 Å². The fourth-order valence-corrected chi connectivity index (χ4v) is 4.32. The molecule has 1 aliphatic heterocycles. The fourth-order valence-electron chi connectivity index (χ4n) is 2.41. The van der Waals surface area contributed by atoms with Crippen LogP contribution in [0.25, 0.3) is 0 Å². The van der Waals surface area contributed by atoms with Gasteiger partial charge in [-0.2, -0.15) is 4.31 Å². The van der Waals surface area contributed by atoms with Crippen molar-refractivity contribution < 1.29 is 13.2 Å². The lowest BCUT2D eigenvalue weighted by Crippen LogP contribution is -2.31. The summed E-state index contributed by atoms with van der Waals surface area (Å²) in [7, 11) is -3.50. The smallest absolute Gasteiger partial charge is 0.243 e. The largest absolute Gasteiger partial charge is 0.487 e. The van der Waals surface area contributed by atoms with E-state index in [-0.39, 0.29) is 11.0 Å². The number of nitrogens with zero attached hydrogens (tertiary/aromatic N) is 2. The maximum atomic E-state index is 12.6. The van der Waals surface area contributed by atoms with Gasteiger partial charge in [0.2, 0.25) is 10.0 Å². The van der Waals surface area contributed by atoms with Gasteiger partial charge in [-0.05, 0) is 30.7 Å². The van der Waals surface area contributed by atoms with Crippen LogP contribution in [0.5, 0.6) is 5.75 Å². The lowest BCUT2D eigenvalue weighted by atomic mass is 10.3. The molecule has 1 atom stereocenters. The fraction of sp³-hybridized carbons (Fsp3) is 0.267. The molecule has 5 nitrogen and oxygen atoms in total. The third kappa shape index (κ3) is 3.68. The van der Waals surface area contributed by atoms with E-state index in [1.165, 1.54) is 10.5 Å². The molecule has 0 amide bonds. The normalized spacial score (nSPS) is 19.0. The molecule has 3 rings (SSSR count). The Bertz CT molecular complexity index is 799. The van der Waals surface area contributed by atoms with Gasteiger partial charge in [0.25, 0.3) is 0 Å². The predicted molar refractivity (Wildman–Crippen MR) is 91.2 cm³/mol. The third-order valence-corrected chi connectivity index (χ3v) is 6.28. The Morgan fingerprint density at radius 1 is 1.26 bits per heavy atom. The molecule has 23 heavy (non-hydrogen) atoms. The summed E-state index contributed by atoms with van der Waals surface area (Å²) in [6.45, 7) is 0.725. The SMILES string of the molecule is O=S(=O)(c1ccc(Br)cc1)N1CC[C@H](Oc2ccncc2Cl)C1. The molecule has 0 aliphatic carbocycles. The van der Waals surface area contributed by atoms with Crippen molar-refractivity contribution in [1.29, 1.82) is 0 Å². The van der Waals surface area contributed by atoms with E-state index in [1.54, 1.807) is 36.5 Å². The number of hydrogen-bond acceptors (Lipinski definition) is 4. The molecule has 0 spiro atoms. The predicted octanol–water partition coefficient (Wildman–Crippen LogP) is 3.34. The minimum Gasteiger partial charge on any atom is -0.487 e. The summed E-state index contributed by atoms with van der Waals surface area (Å²) in [5.41, 5.74) is 0. The zero-order valence-electron chi connectivity index (χ0n) is 12.0. The highest BCUT2D eigenvalue weighted by molar-refractivity contribution is 9.10. The molecule has 0 N–H and O–H groups in total. The number of benzene rings is 1. The van der Waals surface area contributed by atoms with Crippen molar-refractivity contribution in [2.24, 2.45) is 0 Å². The van der Waals surface area contributed by atoms with Crippen molar-refractivity contribution in [2.75, 3.05) is 13.1 Å². The highest BCUT2D eigenvalue weighted by Gasteiger charge is 2.33. The average Bonchev–Trinajstić information content (AvgIpc) is 2.99. The first kappa shape index (κ1) is 16.7. The van der Waals surface area contributed by atoms with Crippen LogP contribution in [0.1, 0.15) is 6.42 Å². The summed E-state index contributed by atoms with van der Waals surface area (Å²) in [5, 5.41) is 0.418. The minimum absolute atomic E-state index is 0.222. The first-order valence-corrected chi connectivity index (χ1v) is 9.60. The van der Waals surface area contributed by atoms with Crippen molar-refractivity contribution in [3.63, 3.8) is 0 Å². The molecule has 0 unspecified atom stereocenters. The standard InChI is InChI=1S/C15H14BrClN2O3S/c16-11-1-3-13(4-2-11)23(20,21)19-8-6-12(10-19)22-15-5-7-18-9-14(15)17/h1-5,7,9,12H,6,8,10H2/t12-/m0/s1. The van der Waals surface area contributed by atoms with Gasteiger partial charge in [-0.25, -0.2) is 8.42 Å². The van der Waals surface area contributed by atoms with E-state index in [2.05, 4.69) is 20.9 Å². The lowest BCUT2D eigenvalue weighted by Gasteiger charge is -2.17. The Hall–Kier alpha value is -1.15. The van der Waals surface area contributed by atoms with Gasteiger partial charge in [0.15, 0.2) is 0 Å². The van der Waals surface area contributed by atoms with Gasteiger partial charge in [-0.3, -0.25) is 4.98 Å². The summed E-state index contributed by atoms with van der Waals surface area (Å²) in [6.07, 6.45) is 3.49. The summed E-state index contributed by atoms with van der Waals surface area (Å²) in [5.74, 6) is 0.523. The van der Waals surface area contributed by atoms with Crippen LogP contribution in [0, 0.1) is 0 Å². The Morgan fingerprint density at radius 2 is 2.00 bits per heavy atom. The van der Waals surface area contributed by atoms with Crippen molar-refractivity contribution in [2.45, 2.75) is 17.4 Å². The van der Waals surface area contributed by atoms with Crippen LogP contribution in [0.3, 0.4) is 0 Å². The number of hydrogen-bond donors (Lipinski definition) is 0. The maximum Gasteiger partial charge on any atom is 0.243 e. The Labute approximate surface area is 148 Å². The maximum absolute atomic E-state index is 12.6. The second kappa shape index (κ2) is 6.76. The average molecular weight is 418 g/mol. The molecule has 122 valence electrons. The van der Waals surface area contributed by atoms with E-state index >= 15 is 0 Å². The van der Waals surface area contributed by atoms with E-state index in [9.17, 15) is 8.42 Å². The second-order valence-electron chi connectivity index (χ2n) is 5.15. The van der Waals surface area contributed by atoms with Crippen molar-refractivity contribution >= 4 is 37.6 Å². The van der Waals surface area contributed by atoms with Gasteiger partial charge in [-0.15, -0.1) is 0 Å². The number of halogens is 2. The first-order valence-electron chi connectivity index (χ1n) is 6.99. The molecule has 8 heteroatoms. The van der Waals surface area contributed by atoms with Gasteiger partial charge in [0.1, 0.15) is 16.9 Å². The zero-order chi connectivity index (χ0) is 16.4. The van der Waals surface area contributed by atoms with Gasteiger partial charge in [0, 0.05) is 29.5 Å². The van der Waals surface area contributed by atoms with Crippen LogP contribution in [0.4, 0.5) is 0 Å². The molecular formula is C15H14BrClN2O3S. The second-order valence-corrected chi connectivity index (χ2v) is 8.41. The van der Waals surface area contributed by atoms with E-state index in [1.807, 2.05) is 0 Å².